The maximum Gasteiger partial charge on any atom is 0.416 e. The maximum absolute atomic E-state index is 13.1. The first-order chi connectivity index (χ1) is 16.4. The predicted molar refractivity (Wildman–Crippen MR) is 122 cm³/mol. The van der Waals surface area contributed by atoms with E-state index in [0.29, 0.717) is 31.1 Å². The zero-order valence-electron chi connectivity index (χ0n) is 19.6. The average molecular weight is 504 g/mol. The van der Waals surface area contributed by atoms with Gasteiger partial charge in [-0.15, -0.1) is 0 Å². The minimum absolute atomic E-state index is 0.0658. The monoisotopic (exact) mass is 503 g/mol. The lowest BCUT2D eigenvalue weighted by molar-refractivity contribution is -0.143. The number of halogens is 6. The molecule has 0 bridgehead atoms. The van der Waals surface area contributed by atoms with Crippen molar-refractivity contribution in [2.45, 2.75) is 49.8 Å². The van der Waals surface area contributed by atoms with E-state index in [0.717, 1.165) is 31.5 Å². The largest absolute Gasteiger partial charge is 0.416 e. The van der Waals surface area contributed by atoms with Crippen LogP contribution in [-0.4, -0.2) is 44.2 Å². The molecule has 0 aliphatic carbocycles. The fourth-order valence-corrected chi connectivity index (χ4v) is 4.24. The summed E-state index contributed by atoms with van der Waals surface area (Å²) < 4.78 is 84.5. The van der Waals surface area contributed by atoms with E-state index in [1.54, 1.807) is 0 Å². The number of hydrogen-bond donors (Lipinski definition) is 2. The Morgan fingerprint density at radius 2 is 1.49 bits per heavy atom. The molecule has 0 saturated carbocycles. The number of alkyl halides is 6. The molecule has 1 heterocycles. The first kappa shape index (κ1) is 27.4. The zero-order valence-corrected chi connectivity index (χ0v) is 19.6. The summed E-state index contributed by atoms with van der Waals surface area (Å²) in [6, 6.07) is 11.0. The van der Waals surface area contributed by atoms with Gasteiger partial charge in [0.2, 0.25) is 0 Å². The van der Waals surface area contributed by atoms with Crippen LogP contribution in [0.3, 0.4) is 0 Å². The summed E-state index contributed by atoms with van der Waals surface area (Å²) in [4.78, 5) is 2.27. The van der Waals surface area contributed by atoms with Crippen LogP contribution in [0, 0.1) is 0 Å². The molecular formula is C25H31F6N3O. The SMILES string of the molecule is CN1CCC(NCCC(N)(COCc2cc(C(F)(F)F)cc(C(F)(F)F)c2)c2ccccc2)CC1. The molecule has 0 amide bonds. The van der Waals surface area contributed by atoms with E-state index in [1.165, 1.54) is 0 Å². The van der Waals surface area contributed by atoms with Gasteiger partial charge in [0, 0.05) is 6.04 Å². The molecule has 1 fully saturated rings. The Kier molecular flexibility index (Phi) is 8.85. The lowest BCUT2D eigenvalue weighted by Crippen LogP contribution is -2.46. The Bertz CT molecular complexity index is 910. The normalized spacial score (nSPS) is 17.9. The first-order valence-electron chi connectivity index (χ1n) is 11.5. The second-order valence-electron chi connectivity index (χ2n) is 9.21. The van der Waals surface area contributed by atoms with Crippen molar-refractivity contribution in [1.29, 1.82) is 0 Å². The predicted octanol–water partition coefficient (Wildman–Crippen LogP) is 5.17. The summed E-state index contributed by atoms with van der Waals surface area (Å²) in [6.45, 7) is 2.12. The van der Waals surface area contributed by atoms with Gasteiger partial charge in [0.15, 0.2) is 0 Å². The second kappa shape index (κ2) is 11.3. The molecule has 10 heteroatoms. The molecule has 0 radical (unpaired) electrons. The van der Waals surface area contributed by atoms with Crippen molar-refractivity contribution in [3.8, 4) is 0 Å². The van der Waals surface area contributed by atoms with Crippen molar-refractivity contribution in [2.75, 3.05) is 33.3 Å². The minimum Gasteiger partial charge on any atom is -0.375 e. The molecule has 3 N–H and O–H groups in total. The van der Waals surface area contributed by atoms with E-state index in [9.17, 15) is 26.3 Å². The summed E-state index contributed by atoms with van der Waals surface area (Å²) in [7, 11) is 2.08. The van der Waals surface area contributed by atoms with E-state index in [-0.39, 0.29) is 18.2 Å². The first-order valence-corrected chi connectivity index (χ1v) is 11.5. The number of nitrogens with zero attached hydrogens (tertiary/aromatic N) is 1. The quantitative estimate of drug-likeness (QED) is 0.464. The Balaban J connectivity index is 1.68. The summed E-state index contributed by atoms with van der Waals surface area (Å²) in [5.41, 5.74) is 3.56. The van der Waals surface area contributed by atoms with Gasteiger partial charge in [-0.05, 0) is 75.3 Å². The molecule has 1 unspecified atom stereocenters. The van der Waals surface area contributed by atoms with Crippen LogP contribution in [0.15, 0.2) is 48.5 Å². The van der Waals surface area contributed by atoms with E-state index in [1.807, 2.05) is 30.3 Å². The molecular weight excluding hydrogens is 472 g/mol. The lowest BCUT2D eigenvalue weighted by Gasteiger charge is -2.33. The molecule has 0 aromatic heterocycles. The van der Waals surface area contributed by atoms with Crippen molar-refractivity contribution >= 4 is 0 Å². The van der Waals surface area contributed by atoms with Crippen molar-refractivity contribution < 1.29 is 31.1 Å². The van der Waals surface area contributed by atoms with Gasteiger partial charge in [-0.2, -0.15) is 26.3 Å². The molecule has 0 spiro atoms. The van der Waals surface area contributed by atoms with Gasteiger partial charge in [0.05, 0.1) is 29.9 Å². The third-order valence-electron chi connectivity index (χ3n) is 6.35. The third kappa shape index (κ3) is 7.93. The van der Waals surface area contributed by atoms with Gasteiger partial charge in [-0.1, -0.05) is 30.3 Å². The molecule has 2 aromatic carbocycles. The fourth-order valence-electron chi connectivity index (χ4n) is 4.24. The number of piperidine rings is 1. The maximum atomic E-state index is 13.1. The third-order valence-corrected chi connectivity index (χ3v) is 6.35. The Morgan fingerprint density at radius 3 is 2.03 bits per heavy atom. The topological polar surface area (TPSA) is 50.5 Å². The minimum atomic E-state index is -4.91. The molecule has 35 heavy (non-hydrogen) atoms. The van der Waals surface area contributed by atoms with Crippen molar-refractivity contribution in [3.05, 3.63) is 70.8 Å². The zero-order chi connectivity index (χ0) is 25.7. The van der Waals surface area contributed by atoms with Gasteiger partial charge in [-0.3, -0.25) is 0 Å². The van der Waals surface area contributed by atoms with Gasteiger partial charge in [-0.25, -0.2) is 0 Å². The molecule has 4 nitrogen and oxygen atoms in total. The Hall–Kier alpha value is -2.14. The molecule has 3 rings (SSSR count). The molecule has 1 aliphatic heterocycles. The highest BCUT2D eigenvalue weighted by Crippen LogP contribution is 2.36. The number of likely N-dealkylation sites (tertiary alicyclic amines) is 1. The summed E-state index contributed by atoms with van der Waals surface area (Å²) >= 11 is 0. The summed E-state index contributed by atoms with van der Waals surface area (Å²) in [5.74, 6) is 0. The number of nitrogens with one attached hydrogen (secondary N) is 1. The molecule has 1 atom stereocenters. The molecule has 194 valence electrons. The van der Waals surface area contributed by atoms with Crippen molar-refractivity contribution in [2.24, 2.45) is 5.73 Å². The average Bonchev–Trinajstić information content (AvgIpc) is 2.80. The van der Waals surface area contributed by atoms with Gasteiger partial charge in [0.25, 0.3) is 0 Å². The van der Waals surface area contributed by atoms with E-state index in [2.05, 4.69) is 17.3 Å². The van der Waals surface area contributed by atoms with Gasteiger partial charge < -0.3 is 20.7 Å². The van der Waals surface area contributed by atoms with Crippen molar-refractivity contribution in [1.82, 2.24) is 10.2 Å². The van der Waals surface area contributed by atoms with Crippen LogP contribution in [0.2, 0.25) is 0 Å². The van der Waals surface area contributed by atoms with Gasteiger partial charge in [0.1, 0.15) is 0 Å². The molecule has 1 saturated heterocycles. The lowest BCUT2D eigenvalue weighted by atomic mass is 9.88. The van der Waals surface area contributed by atoms with Crippen molar-refractivity contribution in [3.63, 3.8) is 0 Å². The fraction of sp³-hybridized carbons (Fsp3) is 0.520. The van der Waals surface area contributed by atoms with Crippen LogP contribution < -0.4 is 11.1 Å². The van der Waals surface area contributed by atoms with Crippen LogP contribution in [-0.2, 0) is 29.2 Å². The molecule has 2 aromatic rings. The highest BCUT2D eigenvalue weighted by molar-refractivity contribution is 5.33. The van der Waals surface area contributed by atoms with Crippen LogP contribution in [0.25, 0.3) is 0 Å². The number of ether oxygens (including phenoxy) is 1. The Morgan fingerprint density at radius 1 is 0.914 bits per heavy atom. The Labute approximate surface area is 201 Å². The van der Waals surface area contributed by atoms with E-state index in [4.69, 9.17) is 10.5 Å². The van der Waals surface area contributed by atoms with E-state index < -0.39 is 35.6 Å². The number of benzene rings is 2. The smallest absolute Gasteiger partial charge is 0.375 e. The number of nitrogens with two attached hydrogens (primary N) is 1. The molecule has 1 aliphatic rings. The highest BCUT2D eigenvalue weighted by Gasteiger charge is 2.37. The summed E-state index contributed by atoms with van der Waals surface area (Å²) in [6.07, 6.45) is -7.28. The van der Waals surface area contributed by atoms with Crippen LogP contribution in [0.5, 0.6) is 0 Å². The number of hydrogen-bond acceptors (Lipinski definition) is 4. The van der Waals surface area contributed by atoms with E-state index >= 15 is 0 Å². The van der Waals surface area contributed by atoms with Crippen LogP contribution in [0.1, 0.15) is 41.5 Å². The summed E-state index contributed by atoms with van der Waals surface area (Å²) in [5, 5.41) is 3.51. The van der Waals surface area contributed by atoms with Crippen LogP contribution in [0.4, 0.5) is 26.3 Å². The van der Waals surface area contributed by atoms with Gasteiger partial charge >= 0.3 is 12.4 Å². The highest BCUT2D eigenvalue weighted by atomic mass is 19.4. The standard InChI is InChI=1S/C25H31F6N3O/c1-34-11-7-22(8-12-34)33-10-9-23(32,19-5-3-2-4-6-19)17-35-16-18-13-20(24(26,27)28)15-21(14-18)25(29,30)31/h2-6,13-15,22,33H,7-12,16-17,32H2,1H3. The second-order valence-corrected chi connectivity index (χ2v) is 9.21. The number of rotatable bonds is 9. The van der Waals surface area contributed by atoms with Crippen LogP contribution >= 0.6 is 0 Å².